The molecule has 1 unspecified atom stereocenters. The molecule has 0 bridgehead atoms. The lowest BCUT2D eigenvalue weighted by Crippen LogP contribution is -2.33. The number of anilines is 1. The fraction of sp³-hybridized carbons (Fsp3) is 0.625. The highest BCUT2D eigenvalue weighted by molar-refractivity contribution is 6.29. The standard InChI is InChI=1S/C16H24ClN3O/c1-4-7-18-14-9-11(8-13(17)20-14)15(21)19-12-5-6-16(2,3)10-12/h8-9,12H,4-7,10H2,1-3H3,(H,18,20)(H,19,21). The van der Waals surface area contributed by atoms with E-state index in [0.29, 0.717) is 21.9 Å². The minimum absolute atomic E-state index is 0.0680. The van der Waals surface area contributed by atoms with Crippen LogP contribution in [0.15, 0.2) is 12.1 Å². The van der Waals surface area contributed by atoms with Gasteiger partial charge in [-0.05, 0) is 43.2 Å². The van der Waals surface area contributed by atoms with E-state index < -0.39 is 0 Å². The Morgan fingerprint density at radius 2 is 2.24 bits per heavy atom. The van der Waals surface area contributed by atoms with Crippen LogP contribution in [-0.2, 0) is 0 Å². The molecule has 0 spiro atoms. The molecule has 1 aliphatic rings. The van der Waals surface area contributed by atoms with E-state index in [-0.39, 0.29) is 11.9 Å². The first-order valence-electron chi connectivity index (χ1n) is 7.62. The molecule has 2 N–H and O–H groups in total. The summed E-state index contributed by atoms with van der Waals surface area (Å²) in [5.74, 6) is 0.586. The number of pyridine rings is 1. The lowest BCUT2D eigenvalue weighted by molar-refractivity contribution is 0.0936. The zero-order chi connectivity index (χ0) is 15.5. The number of carbonyl (C=O) groups excluding carboxylic acids is 1. The van der Waals surface area contributed by atoms with Gasteiger partial charge in [-0.2, -0.15) is 0 Å². The van der Waals surface area contributed by atoms with E-state index in [2.05, 4.69) is 36.4 Å². The average Bonchev–Trinajstić information content (AvgIpc) is 2.75. The van der Waals surface area contributed by atoms with Gasteiger partial charge in [0.05, 0.1) is 0 Å². The molecule has 5 heteroatoms. The van der Waals surface area contributed by atoms with Crippen LogP contribution in [0.25, 0.3) is 0 Å². The van der Waals surface area contributed by atoms with Gasteiger partial charge in [0.25, 0.3) is 5.91 Å². The summed E-state index contributed by atoms with van der Waals surface area (Å²) in [4.78, 5) is 16.5. The Kier molecular flexibility index (Phi) is 5.09. The first-order chi connectivity index (χ1) is 9.89. The van der Waals surface area contributed by atoms with E-state index in [1.807, 2.05) is 0 Å². The molecule has 1 fully saturated rings. The number of rotatable bonds is 5. The minimum Gasteiger partial charge on any atom is -0.370 e. The summed E-state index contributed by atoms with van der Waals surface area (Å²) >= 11 is 6.00. The lowest BCUT2D eigenvalue weighted by Gasteiger charge is -2.18. The molecule has 1 aromatic rings. The van der Waals surface area contributed by atoms with Crippen LogP contribution in [0.5, 0.6) is 0 Å². The summed E-state index contributed by atoms with van der Waals surface area (Å²) in [5, 5.41) is 6.61. The quantitative estimate of drug-likeness (QED) is 0.812. The summed E-state index contributed by atoms with van der Waals surface area (Å²) < 4.78 is 0. The van der Waals surface area contributed by atoms with Gasteiger partial charge in [0, 0.05) is 18.2 Å². The van der Waals surface area contributed by atoms with Crippen molar-refractivity contribution in [3.05, 3.63) is 22.8 Å². The van der Waals surface area contributed by atoms with Crippen LogP contribution in [-0.4, -0.2) is 23.5 Å². The minimum atomic E-state index is -0.0680. The van der Waals surface area contributed by atoms with Crippen LogP contribution in [0, 0.1) is 5.41 Å². The maximum Gasteiger partial charge on any atom is 0.251 e. The SMILES string of the molecule is CCCNc1cc(C(=O)NC2CCC(C)(C)C2)cc(Cl)n1. The van der Waals surface area contributed by atoms with E-state index >= 15 is 0 Å². The Morgan fingerprint density at radius 3 is 2.86 bits per heavy atom. The van der Waals surface area contributed by atoms with Crippen molar-refractivity contribution in [3.63, 3.8) is 0 Å². The van der Waals surface area contributed by atoms with E-state index in [4.69, 9.17) is 11.6 Å². The van der Waals surface area contributed by atoms with E-state index in [9.17, 15) is 4.79 Å². The summed E-state index contributed by atoms with van der Waals surface area (Å²) in [6.07, 6.45) is 4.21. The first kappa shape index (κ1) is 16.1. The van der Waals surface area contributed by atoms with Crippen molar-refractivity contribution in [1.29, 1.82) is 0 Å². The molecule has 0 aromatic carbocycles. The number of amides is 1. The van der Waals surface area contributed by atoms with Gasteiger partial charge in [-0.1, -0.05) is 32.4 Å². The number of aromatic nitrogens is 1. The molecule has 1 aliphatic carbocycles. The molecule has 0 saturated heterocycles. The first-order valence-corrected chi connectivity index (χ1v) is 8.00. The van der Waals surface area contributed by atoms with Crippen molar-refractivity contribution >= 4 is 23.3 Å². The van der Waals surface area contributed by atoms with Crippen molar-refractivity contribution < 1.29 is 4.79 Å². The van der Waals surface area contributed by atoms with Gasteiger partial charge in [-0.3, -0.25) is 4.79 Å². The maximum atomic E-state index is 12.4. The third kappa shape index (κ3) is 4.60. The number of hydrogen-bond acceptors (Lipinski definition) is 3. The predicted molar refractivity (Wildman–Crippen MR) is 86.9 cm³/mol. The lowest BCUT2D eigenvalue weighted by atomic mass is 9.92. The fourth-order valence-electron chi connectivity index (χ4n) is 2.80. The van der Waals surface area contributed by atoms with Crippen LogP contribution < -0.4 is 10.6 Å². The zero-order valence-corrected chi connectivity index (χ0v) is 13.8. The Balaban J connectivity index is 2.03. The van der Waals surface area contributed by atoms with Crippen molar-refractivity contribution in [3.8, 4) is 0 Å². The van der Waals surface area contributed by atoms with E-state index in [1.165, 1.54) is 0 Å². The zero-order valence-electron chi connectivity index (χ0n) is 13.0. The van der Waals surface area contributed by atoms with Gasteiger partial charge < -0.3 is 10.6 Å². The van der Waals surface area contributed by atoms with Gasteiger partial charge in [-0.15, -0.1) is 0 Å². The van der Waals surface area contributed by atoms with Gasteiger partial charge in [-0.25, -0.2) is 4.98 Å². The summed E-state index contributed by atoms with van der Waals surface area (Å²) in [6, 6.07) is 3.64. The van der Waals surface area contributed by atoms with Crippen molar-refractivity contribution in [2.75, 3.05) is 11.9 Å². The highest BCUT2D eigenvalue weighted by Gasteiger charge is 2.31. The Morgan fingerprint density at radius 1 is 1.48 bits per heavy atom. The second-order valence-electron chi connectivity index (χ2n) is 6.57. The Labute approximate surface area is 131 Å². The van der Waals surface area contributed by atoms with Crippen LogP contribution in [0.4, 0.5) is 5.82 Å². The highest BCUT2D eigenvalue weighted by atomic mass is 35.5. The topological polar surface area (TPSA) is 54.0 Å². The van der Waals surface area contributed by atoms with Crippen LogP contribution in [0.2, 0.25) is 5.15 Å². The summed E-state index contributed by atoms with van der Waals surface area (Å²) in [7, 11) is 0. The van der Waals surface area contributed by atoms with Crippen LogP contribution in [0.3, 0.4) is 0 Å². The maximum absolute atomic E-state index is 12.4. The number of carbonyl (C=O) groups is 1. The van der Waals surface area contributed by atoms with E-state index in [0.717, 1.165) is 32.2 Å². The monoisotopic (exact) mass is 309 g/mol. The molecule has 21 heavy (non-hydrogen) atoms. The van der Waals surface area contributed by atoms with Crippen molar-refractivity contribution in [2.45, 2.75) is 52.5 Å². The molecule has 0 radical (unpaired) electrons. The van der Waals surface area contributed by atoms with Crippen LogP contribution in [0.1, 0.15) is 56.8 Å². The second kappa shape index (κ2) is 6.65. The number of nitrogens with zero attached hydrogens (tertiary/aromatic N) is 1. The molecule has 0 aliphatic heterocycles. The second-order valence-corrected chi connectivity index (χ2v) is 6.96. The Hall–Kier alpha value is -1.29. The summed E-state index contributed by atoms with van der Waals surface area (Å²) in [6.45, 7) is 7.38. The van der Waals surface area contributed by atoms with E-state index in [1.54, 1.807) is 12.1 Å². The van der Waals surface area contributed by atoms with Gasteiger partial charge in [0.2, 0.25) is 0 Å². The molecule has 1 amide bonds. The third-order valence-corrected chi connectivity index (χ3v) is 4.11. The van der Waals surface area contributed by atoms with Crippen LogP contribution >= 0.6 is 11.6 Å². The molecule has 1 atom stereocenters. The van der Waals surface area contributed by atoms with Crippen molar-refractivity contribution in [1.82, 2.24) is 10.3 Å². The smallest absolute Gasteiger partial charge is 0.251 e. The molecule has 1 saturated carbocycles. The van der Waals surface area contributed by atoms with Gasteiger partial charge >= 0.3 is 0 Å². The van der Waals surface area contributed by atoms with Gasteiger partial charge in [0.1, 0.15) is 11.0 Å². The van der Waals surface area contributed by atoms with Crippen molar-refractivity contribution in [2.24, 2.45) is 5.41 Å². The average molecular weight is 310 g/mol. The third-order valence-electron chi connectivity index (χ3n) is 3.92. The molecule has 1 aromatic heterocycles. The molecular formula is C16H24ClN3O. The molecule has 4 nitrogen and oxygen atoms in total. The molecule has 2 rings (SSSR count). The summed E-state index contributed by atoms with van der Waals surface area (Å²) in [5.41, 5.74) is 0.889. The Bertz CT molecular complexity index is 516. The molecule has 1 heterocycles. The largest absolute Gasteiger partial charge is 0.370 e. The predicted octanol–water partition coefficient (Wildman–Crippen LogP) is 3.87. The normalized spacial score (nSPS) is 20.3. The molecular weight excluding hydrogens is 286 g/mol. The number of nitrogens with one attached hydrogen (secondary N) is 2. The fourth-order valence-corrected chi connectivity index (χ4v) is 3.01. The van der Waals surface area contributed by atoms with Gasteiger partial charge in [0.15, 0.2) is 0 Å². The number of halogens is 1. The number of hydrogen-bond donors (Lipinski definition) is 2. The highest BCUT2D eigenvalue weighted by Crippen LogP contribution is 2.37. The molecule has 116 valence electrons.